The molecule has 0 unspecified atom stereocenters. The summed E-state index contributed by atoms with van der Waals surface area (Å²) < 4.78 is 9.10. The number of aromatic nitrogens is 2. The largest absolute Gasteiger partial charge is 0.504 e. The summed E-state index contributed by atoms with van der Waals surface area (Å²) in [7, 11) is 0. The normalized spacial score (nSPS) is 10.9. The molecule has 0 saturated heterocycles. The number of nitrogens with one attached hydrogen (secondary N) is 1. The summed E-state index contributed by atoms with van der Waals surface area (Å²) in [4.78, 5) is 16.4. The lowest BCUT2D eigenvalue weighted by Crippen LogP contribution is -2.14. The number of carbonyl (C=O) groups excluding carboxylic acids is 1. The van der Waals surface area contributed by atoms with Crippen molar-refractivity contribution in [3.63, 3.8) is 0 Å². The van der Waals surface area contributed by atoms with Gasteiger partial charge in [0.05, 0.1) is 17.7 Å². The molecule has 0 saturated carbocycles. The molecule has 2 aromatic heterocycles. The molecule has 2 heterocycles. The topological polar surface area (TPSA) is 133 Å². The minimum atomic E-state index is -0.735. The van der Waals surface area contributed by atoms with Gasteiger partial charge < -0.3 is 9.84 Å². The monoisotopic (exact) mass is 414 g/mol. The number of ether oxygens (including phenoxy) is 1. The van der Waals surface area contributed by atoms with E-state index in [0.29, 0.717) is 16.0 Å². The number of carbonyl (C=O) groups is 1. The van der Waals surface area contributed by atoms with Crippen molar-refractivity contribution in [2.45, 2.75) is 11.8 Å². The fraction of sp³-hybridized carbons (Fsp3) is 0.176. The van der Waals surface area contributed by atoms with Gasteiger partial charge in [-0.2, -0.15) is 9.64 Å². The van der Waals surface area contributed by atoms with E-state index in [2.05, 4.69) is 31.0 Å². The fourth-order valence-electron chi connectivity index (χ4n) is 2.24. The van der Waals surface area contributed by atoms with Gasteiger partial charge in [-0.05, 0) is 49.0 Å². The molecular formula is C17H14N6O3S2. The number of nitriles is 1. The van der Waals surface area contributed by atoms with Crippen LogP contribution in [0.15, 0.2) is 39.4 Å². The third-order valence-electron chi connectivity index (χ3n) is 3.50. The molecule has 9 nitrogen and oxygen atoms in total. The first-order valence-corrected chi connectivity index (χ1v) is 9.98. The van der Waals surface area contributed by atoms with E-state index in [1.165, 1.54) is 23.9 Å². The number of azo groups is 1. The molecule has 0 aliphatic rings. The van der Waals surface area contributed by atoms with Crippen molar-refractivity contribution in [1.82, 2.24) is 9.36 Å². The van der Waals surface area contributed by atoms with Gasteiger partial charge in [-0.1, -0.05) is 0 Å². The van der Waals surface area contributed by atoms with E-state index in [4.69, 9.17) is 4.74 Å². The fourth-order valence-corrected chi connectivity index (χ4v) is 3.46. The van der Waals surface area contributed by atoms with Gasteiger partial charge in [-0.3, -0.25) is 5.32 Å². The molecule has 3 rings (SSSR count). The average molecular weight is 414 g/mol. The van der Waals surface area contributed by atoms with Gasteiger partial charge in [0.1, 0.15) is 6.07 Å². The molecular weight excluding hydrogens is 400 g/mol. The number of hydrogen-bond acceptors (Lipinski definition) is 10. The zero-order valence-corrected chi connectivity index (χ0v) is 16.5. The minimum Gasteiger partial charge on any atom is -0.504 e. The Bertz CT molecular complexity index is 1110. The van der Waals surface area contributed by atoms with Crippen LogP contribution in [0, 0.1) is 11.3 Å². The second-order valence-electron chi connectivity index (χ2n) is 5.25. The van der Waals surface area contributed by atoms with Crippen LogP contribution in [0.1, 0.15) is 12.5 Å². The van der Waals surface area contributed by atoms with Crippen LogP contribution in [-0.4, -0.2) is 33.4 Å². The Morgan fingerprint density at radius 2 is 2.25 bits per heavy atom. The Kier molecular flexibility index (Phi) is 6.03. The van der Waals surface area contributed by atoms with Crippen molar-refractivity contribution in [3.05, 3.63) is 29.8 Å². The molecule has 0 bridgehead atoms. The van der Waals surface area contributed by atoms with Gasteiger partial charge in [-0.15, -0.1) is 22.0 Å². The minimum absolute atomic E-state index is 0.0829. The number of pyridine rings is 1. The summed E-state index contributed by atoms with van der Waals surface area (Å²) in [5, 5.41) is 30.9. The van der Waals surface area contributed by atoms with Gasteiger partial charge >= 0.3 is 6.09 Å². The molecule has 1 aromatic carbocycles. The van der Waals surface area contributed by atoms with E-state index >= 15 is 0 Å². The third-order valence-corrected chi connectivity index (χ3v) is 5.04. The first kappa shape index (κ1) is 19.5. The lowest BCUT2D eigenvalue weighted by Gasteiger charge is -2.06. The lowest BCUT2D eigenvalue weighted by molar-refractivity contribution is 0.167. The first-order valence-electron chi connectivity index (χ1n) is 7.98. The molecule has 0 aliphatic carbocycles. The number of amides is 1. The predicted molar refractivity (Wildman–Crippen MR) is 107 cm³/mol. The number of fused-ring (bicyclic) bond motifs is 1. The molecule has 3 aromatic rings. The summed E-state index contributed by atoms with van der Waals surface area (Å²) in [5.41, 5.74) is 1.27. The molecule has 28 heavy (non-hydrogen) atoms. The van der Waals surface area contributed by atoms with Gasteiger partial charge in [0.15, 0.2) is 22.4 Å². The summed E-state index contributed by atoms with van der Waals surface area (Å²) in [6.07, 6.45) is 1.16. The van der Waals surface area contributed by atoms with Gasteiger partial charge in [0, 0.05) is 10.3 Å². The van der Waals surface area contributed by atoms with E-state index in [-0.39, 0.29) is 24.0 Å². The number of hydrogen-bond donors (Lipinski definition) is 2. The molecule has 0 fully saturated rings. The zero-order valence-electron chi connectivity index (χ0n) is 14.8. The van der Waals surface area contributed by atoms with E-state index in [1.807, 2.05) is 12.3 Å². The van der Waals surface area contributed by atoms with E-state index < -0.39 is 6.09 Å². The Hall–Kier alpha value is -3.23. The highest BCUT2D eigenvalue weighted by molar-refractivity contribution is 7.98. The van der Waals surface area contributed by atoms with Crippen LogP contribution < -0.4 is 5.32 Å². The number of benzene rings is 1. The van der Waals surface area contributed by atoms with Crippen LogP contribution in [0.4, 0.5) is 21.4 Å². The number of nitrogens with zero attached hydrogens (tertiary/aromatic N) is 5. The molecule has 0 aliphatic heterocycles. The smallest absolute Gasteiger partial charge is 0.412 e. The van der Waals surface area contributed by atoms with Crippen molar-refractivity contribution in [2.75, 3.05) is 18.2 Å². The number of rotatable bonds is 5. The maximum absolute atomic E-state index is 11.5. The Morgan fingerprint density at radius 3 is 2.96 bits per heavy atom. The Morgan fingerprint density at radius 1 is 1.43 bits per heavy atom. The maximum Gasteiger partial charge on any atom is 0.412 e. The van der Waals surface area contributed by atoms with Crippen LogP contribution >= 0.6 is 23.3 Å². The second-order valence-corrected chi connectivity index (χ2v) is 6.85. The number of thioether (sulfide) groups is 1. The molecule has 2 N–H and O–H groups in total. The molecule has 1 amide bonds. The van der Waals surface area contributed by atoms with Crippen LogP contribution in [-0.2, 0) is 4.74 Å². The highest BCUT2D eigenvalue weighted by Gasteiger charge is 2.12. The van der Waals surface area contributed by atoms with Crippen molar-refractivity contribution in [3.8, 4) is 11.8 Å². The SMILES string of the molecule is CCOC(=O)Nc1nc(N=Nc2snc3cc(SC)c(C#N)cc23)ccc1O. The van der Waals surface area contributed by atoms with Crippen molar-refractivity contribution in [1.29, 1.82) is 5.26 Å². The Labute approximate surface area is 168 Å². The molecule has 0 atom stereocenters. The quantitative estimate of drug-likeness (QED) is 0.444. The van der Waals surface area contributed by atoms with E-state index in [9.17, 15) is 15.2 Å². The number of aromatic hydroxyl groups is 1. The third kappa shape index (κ3) is 4.19. The molecule has 11 heteroatoms. The number of anilines is 1. The predicted octanol–water partition coefficient (Wildman–Crippen LogP) is 4.97. The van der Waals surface area contributed by atoms with Crippen LogP contribution in [0.25, 0.3) is 10.9 Å². The van der Waals surface area contributed by atoms with Gasteiger partial charge in [-0.25, -0.2) is 9.78 Å². The lowest BCUT2D eigenvalue weighted by atomic mass is 10.2. The maximum atomic E-state index is 11.5. The summed E-state index contributed by atoms with van der Waals surface area (Å²) >= 11 is 2.62. The summed E-state index contributed by atoms with van der Waals surface area (Å²) in [5.74, 6) is -0.133. The molecule has 0 spiro atoms. The highest BCUT2D eigenvalue weighted by atomic mass is 32.2. The summed E-state index contributed by atoms with van der Waals surface area (Å²) in [6.45, 7) is 1.85. The average Bonchev–Trinajstić information content (AvgIpc) is 3.09. The molecule has 142 valence electrons. The second kappa shape index (κ2) is 8.64. The molecule has 0 radical (unpaired) electrons. The standard InChI is InChI=1S/C17H14N6O3S2/c1-3-26-17(25)20-15-12(24)4-5-14(19-15)21-22-16-10-6-9(8-18)13(27-2)7-11(10)23-28-16/h4-7,24H,3H2,1-2H3,(H,19,20,25). The van der Waals surface area contributed by atoms with Gasteiger partial charge in [0.25, 0.3) is 0 Å². The summed E-state index contributed by atoms with van der Waals surface area (Å²) in [6, 6.07) is 8.53. The van der Waals surface area contributed by atoms with Gasteiger partial charge in [0.2, 0.25) is 0 Å². The van der Waals surface area contributed by atoms with Crippen LogP contribution in [0.3, 0.4) is 0 Å². The van der Waals surface area contributed by atoms with Crippen molar-refractivity contribution >= 4 is 56.9 Å². The van der Waals surface area contributed by atoms with E-state index in [0.717, 1.165) is 21.9 Å². The van der Waals surface area contributed by atoms with Crippen LogP contribution in [0.5, 0.6) is 5.75 Å². The zero-order chi connectivity index (χ0) is 20.1. The highest BCUT2D eigenvalue weighted by Crippen LogP contribution is 2.35. The van der Waals surface area contributed by atoms with Crippen LogP contribution in [0.2, 0.25) is 0 Å². The first-order chi connectivity index (χ1) is 13.5. The Balaban J connectivity index is 1.90. The van der Waals surface area contributed by atoms with E-state index in [1.54, 1.807) is 13.0 Å². The van der Waals surface area contributed by atoms with Crippen molar-refractivity contribution < 1.29 is 14.6 Å². The van der Waals surface area contributed by atoms with Crippen molar-refractivity contribution in [2.24, 2.45) is 10.2 Å².